The van der Waals surface area contributed by atoms with Gasteiger partial charge in [0.05, 0.1) is 16.8 Å². The van der Waals surface area contributed by atoms with Gasteiger partial charge in [-0.15, -0.1) is 0 Å². The first-order valence-electron chi connectivity index (χ1n) is 7.68. The van der Waals surface area contributed by atoms with Crippen LogP contribution >= 0.6 is 0 Å². The molecular weight excluding hydrogens is 290 g/mol. The first-order valence-corrected chi connectivity index (χ1v) is 7.68. The second-order valence-electron chi connectivity index (χ2n) is 6.91. The molecule has 3 aromatic rings. The van der Waals surface area contributed by atoms with Crippen molar-refractivity contribution < 1.29 is 4.79 Å². The van der Waals surface area contributed by atoms with Gasteiger partial charge < -0.3 is 0 Å². The van der Waals surface area contributed by atoms with Crippen molar-refractivity contribution in [1.82, 2.24) is 14.8 Å². The Morgan fingerprint density at radius 1 is 1.13 bits per heavy atom. The first kappa shape index (κ1) is 13.9. The molecule has 0 saturated carbocycles. The largest absolute Gasteiger partial charge is 0.294 e. The highest BCUT2D eigenvalue weighted by Gasteiger charge is 2.32. The van der Waals surface area contributed by atoms with Gasteiger partial charge in [-0.1, -0.05) is 32.0 Å². The van der Waals surface area contributed by atoms with E-state index in [2.05, 4.69) is 23.9 Å². The Labute approximate surface area is 133 Å². The normalized spacial score (nSPS) is 16.5. The fourth-order valence-electron chi connectivity index (χ4n) is 3.26. The van der Waals surface area contributed by atoms with Crippen LogP contribution in [0.3, 0.4) is 0 Å². The number of nitrogens with one attached hydrogen (secondary N) is 1. The summed E-state index contributed by atoms with van der Waals surface area (Å²) in [6, 6.07) is 11.0. The number of carbonyl (C=O) groups excluding carboxylic acids is 1. The van der Waals surface area contributed by atoms with Crippen molar-refractivity contribution in [3.8, 4) is 5.69 Å². The number of para-hydroxylation sites is 1. The SMILES string of the molecule is CC1(C)CC(=O)c2cc3c(=O)n(-c4ccccc4)[nH]c3nc2C1. The second kappa shape index (κ2) is 4.65. The Balaban J connectivity index is 1.95. The number of pyridine rings is 1. The smallest absolute Gasteiger partial charge is 0.280 e. The molecule has 0 atom stereocenters. The van der Waals surface area contributed by atoms with E-state index < -0.39 is 0 Å². The Kier molecular flexibility index (Phi) is 2.82. The van der Waals surface area contributed by atoms with Gasteiger partial charge in [0.2, 0.25) is 0 Å². The summed E-state index contributed by atoms with van der Waals surface area (Å²) in [6.45, 7) is 4.13. The number of hydrogen-bond acceptors (Lipinski definition) is 3. The van der Waals surface area contributed by atoms with Gasteiger partial charge in [0, 0.05) is 12.0 Å². The van der Waals surface area contributed by atoms with Crippen LogP contribution in [0, 0.1) is 5.41 Å². The molecular formula is C18H17N3O2. The first-order chi connectivity index (χ1) is 10.9. The van der Waals surface area contributed by atoms with Gasteiger partial charge in [0.25, 0.3) is 5.56 Å². The molecule has 2 heterocycles. The molecule has 1 aliphatic carbocycles. The van der Waals surface area contributed by atoms with E-state index in [1.807, 2.05) is 30.3 Å². The number of rotatable bonds is 1. The molecule has 0 spiro atoms. The zero-order valence-corrected chi connectivity index (χ0v) is 13.1. The lowest BCUT2D eigenvalue weighted by Crippen LogP contribution is -2.28. The monoisotopic (exact) mass is 307 g/mol. The van der Waals surface area contributed by atoms with Crippen molar-refractivity contribution in [2.75, 3.05) is 0 Å². The van der Waals surface area contributed by atoms with Gasteiger partial charge >= 0.3 is 0 Å². The molecule has 0 fully saturated rings. The molecule has 4 rings (SSSR count). The van der Waals surface area contributed by atoms with Crippen LogP contribution in [0.25, 0.3) is 16.7 Å². The second-order valence-corrected chi connectivity index (χ2v) is 6.91. The van der Waals surface area contributed by atoms with Gasteiger partial charge in [-0.2, -0.15) is 0 Å². The molecule has 1 N–H and O–H groups in total. The fourth-order valence-corrected chi connectivity index (χ4v) is 3.26. The van der Waals surface area contributed by atoms with Crippen molar-refractivity contribution in [3.05, 3.63) is 58.0 Å². The molecule has 0 aliphatic heterocycles. The van der Waals surface area contributed by atoms with Crippen molar-refractivity contribution >= 4 is 16.8 Å². The Morgan fingerprint density at radius 2 is 1.87 bits per heavy atom. The molecule has 5 nitrogen and oxygen atoms in total. The Hall–Kier alpha value is -2.69. The number of aromatic nitrogens is 3. The van der Waals surface area contributed by atoms with Crippen LogP contribution in [0.5, 0.6) is 0 Å². The number of Topliss-reactive ketones (excluding diaryl/α,β-unsaturated/α-hetero) is 1. The van der Waals surface area contributed by atoms with E-state index in [4.69, 9.17) is 0 Å². The summed E-state index contributed by atoms with van der Waals surface area (Å²) in [7, 11) is 0. The molecule has 0 unspecified atom stereocenters. The Bertz CT molecular complexity index is 981. The van der Waals surface area contributed by atoms with E-state index in [9.17, 15) is 9.59 Å². The van der Waals surface area contributed by atoms with E-state index in [-0.39, 0.29) is 16.8 Å². The summed E-state index contributed by atoms with van der Waals surface area (Å²) >= 11 is 0. The lowest BCUT2D eigenvalue weighted by atomic mass is 9.75. The van der Waals surface area contributed by atoms with Crippen LogP contribution in [-0.4, -0.2) is 20.5 Å². The molecule has 0 amide bonds. The topological polar surface area (TPSA) is 67.8 Å². The average molecular weight is 307 g/mol. The molecule has 0 radical (unpaired) electrons. The number of hydrogen-bond donors (Lipinski definition) is 1. The third kappa shape index (κ3) is 2.20. The molecule has 1 aromatic carbocycles. The number of nitrogens with zero attached hydrogens (tertiary/aromatic N) is 2. The molecule has 1 aliphatic rings. The van der Waals surface area contributed by atoms with Gasteiger partial charge in [-0.05, 0) is 30.0 Å². The lowest BCUT2D eigenvalue weighted by molar-refractivity contribution is 0.0910. The van der Waals surface area contributed by atoms with Crippen LogP contribution in [0.2, 0.25) is 0 Å². The van der Waals surface area contributed by atoms with E-state index in [1.165, 1.54) is 4.68 Å². The summed E-state index contributed by atoms with van der Waals surface area (Å²) in [5.74, 6) is 0.0671. The summed E-state index contributed by atoms with van der Waals surface area (Å²) in [6.07, 6.45) is 1.23. The minimum atomic E-state index is -0.181. The summed E-state index contributed by atoms with van der Waals surface area (Å²) in [5.41, 5.74) is 2.38. The number of fused-ring (bicyclic) bond motifs is 2. The maximum Gasteiger partial charge on any atom is 0.280 e. The maximum atomic E-state index is 12.6. The fraction of sp³-hybridized carbons (Fsp3) is 0.278. The highest BCUT2D eigenvalue weighted by atomic mass is 16.1. The van der Waals surface area contributed by atoms with Crippen LogP contribution in [0.15, 0.2) is 41.2 Å². The number of H-pyrrole nitrogens is 1. The minimum Gasteiger partial charge on any atom is -0.294 e. The van der Waals surface area contributed by atoms with Gasteiger partial charge in [0.1, 0.15) is 0 Å². The molecule has 5 heteroatoms. The van der Waals surface area contributed by atoms with Crippen LogP contribution < -0.4 is 5.56 Å². The predicted molar refractivity (Wildman–Crippen MR) is 88.1 cm³/mol. The number of benzene rings is 1. The lowest BCUT2D eigenvalue weighted by Gasteiger charge is -2.29. The van der Waals surface area contributed by atoms with Crippen molar-refractivity contribution in [2.24, 2.45) is 5.41 Å². The van der Waals surface area contributed by atoms with Gasteiger partial charge in [-0.25, -0.2) is 9.67 Å². The summed E-state index contributed by atoms with van der Waals surface area (Å²) < 4.78 is 1.47. The predicted octanol–water partition coefficient (Wildman–Crippen LogP) is 2.87. The molecule has 0 saturated heterocycles. The summed E-state index contributed by atoms with van der Waals surface area (Å²) in [5, 5.41) is 3.51. The van der Waals surface area contributed by atoms with Crippen molar-refractivity contribution in [3.63, 3.8) is 0 Å². The zero-order chi connectivity index (χ0) is 16.2. The van der Waals surface area contributed by atoms with Crippen molar-refractivity contribution in [1.29, 1.82) is 0 Å². The molecule has 23 heavy (non-hydrogen) atoms. The maximum absolute atomic E-state index is 12.6. The quantitative estimate of drug-likeness (QED) is 0.751. The van der Waals surface area contributed by atoms with Gasteiger partial charge in [-0.3, -0.25) is 14.7 Å². The average Bonchev–Trinajstić information content (AvgIpc) is 2.82. The van der Waals surface area contributed by atoms with Crippen LogP contribution in [-0.2, 0) is 6.42 Å². The number of ketones is 1. The third-order valence-corrected chi connectivity index (χ3v) is 4.35. The highest BCUT2D eigenvalue weighted by Crippen LogP contribution is 2.34. The minimum absolute atomic E-state index is 0.0671. The number of aromatic amines is 1. The van der Waals surface area contributed by atoms with Crippen LogP contribution in [0.4, 0.5) is 0 Å². The molecule has 2 aromatic heterocycles. The van der Waals surface area contributed by atoms with E-state index in [1.54, 1.807) is 6.07 Å². The van der Waals surface area contributed by atoms with Gasteiger partial charge in [0.15, 0.2) is 11.4 Å². The van der Waals surface area contributed by atoms with E-state index >= 15 is 0 Å². The Morgan fingerprint density at radius 3 is 2.61 bits per heavy atom. The van der Waals surface area contributed by atoms with E-state index in [0.717, 1.165) is 17.8 Å². The highest BCUT2D eigenvalue weighted by molar-refractivity contribution is 6.01. The van der Waals surface area contributed by atoms with Crippen LogP contribution in [0.1, 0.15) is 36.3 Å². The number of carbonyl (C=O) groups is 1. The summed E-state index contributed by atoms with van der Waals surface area (Å²) in [4.78, 5) is 29.6. The van der Waals surface area contributed by atoms with Crippen molar-refractivity contribution in [2.45, 2.75) is 26.7 Å². The third-order valence-electron chi connectivity index (χ3n) is 4.35. The molecule has 116 valence electrons. The zero-order valence-electron chi connectivity index (χ0n) is 13.1. The van der Waals surface area contributed by atoms with E-state index in [0.29, 0.717) is 23.0 Å². The standard InChI is InChI=1S/C18H17N3O2/c1-18(2)9-14-12(15(22)10-18)8-13-16(19-14)20-21(17(13)23)11-6-4-3-5-7-11/h3-8H,9-10H2,1-2H3,(H,19,20). The molecule has 0 bridgehead atoms.